The molecule has 1 aliphatic heterocycles. The summed E-state index contributed by atoms with van der Waals surface area (Å²) in [5, 5.41) is 3.22. The lowest BCUT2D eigenvalue weighted by molar-refractivity contribution is -0.0496. The van der Waals surface area contributed by atoms with E-state index in [-0.39, 0.29) is 43.0 Å². The minimum Gasteiger partial charge on any atom is -0.357 e. The summed E-state index contributed by atoms with van der Waals surface area (Å²) in [5.41, 5.74) is -4.12. The molecular weight excluding hydrogens is 522 g/mol. The standard InChI is InChI=1S/C17H28F3N5O2S.HI/c1-4-21-16(24(3)13-15-6-5-9-23(15)2)22-12-14-7-10-25(11-8-14)28(26,27)17(18,19)20;/h5-6,9,14H,4,7-8,10-13H2,1-3H3,(H,21,22);1H. The molecule has 168 valence electrons. The number of piperidine rings is 1. The Morgan fingerprint density at radius 3 is 2.45 bits per heavy atom. The number of aryl methyl sites for hydroxylation is 1. The number of rotatable bonds is 6. The highest BCUT2D eigenvalue weighted by Gasteiger charge is 2.50. The van der Waals surface area contributed by atoms with Crippen molar-refractivity contribution in [3.63, 3.8) is 0 Å². The van der Waals surface area contributed by atoms with Gasteiger partial charge < -0.3 is 14.8 Å². The average molecular weight is 551 g/mol. The number of guanidine groups is 1. The van der Waals surface area contributed by atoms with E-state index in [0.29, 0.717) is 42.7 Å². The molecule has 12 heteroatoms. The smallest absolute Gasteiger partial charge is 0.357 e. The third-order valence-electron chi connectivity index (χ3n) is 4.85. The highest BCUT2D eigenvalue weighted by molar-refractivity contribution is 14.0. The Morgan fingerprint density at radius 1 is 1.34 bits per heavy atom. The Hall–Kier alpha value is -1.02. The first-order valence-corrected chi connectivity index (χ1v) is 10.7. The van der Waals surface area contributed by atoms with Crippen LogP contribution in [0.1, 0.15) is 25.5 Å². The minimum absolute atomic E-state index is 0. The highest BCUT2D eigenvalue weighted by atomic mass is 127. The fourth-order valence-corrected chi connectivity index (χ4v) is 4.13. The fraction of sp³-hybridized carbons (Fsp3) is 0.706. The number of nitrogens with one attached hydrogen (secondary N) is 1. The SMILES string of the molecule is CCNC(=NCC1CCN(S(=O)(=O)C(F)(F)F)CC1)N(C)Cc1cccn1C.I. The number of halogens is 4. The van der Waals surface area contributed by atoms with Gasteiger partial charge >= 0.3 is 15.5 Å². The van der Waals surface area contributed by atoms with Crippen molar-refractivity contribution in [2.24, 2.45) is 18.0 Å². The molecule has 1 aromatic rings. The second-order valence-electron chi connectivity index (χ2n) is 6.95. The van der Waals surface area contributed by atoms with Crippen LogP contribution in [0.3, 0.4) is 0 Å². The Kier molecular flexibility index (Phi) is 9.73. The average Bonchev–Trinajstić information content (AvgIpc) is 3.02. The summed E-state index contributed by atoms with van der Waals surface area (Å²) < 4.78 is 63.5. The van der Waals surface area contributed by atoms with Gasteiger partial charge in [0.25, 0.3) is 0 Å². The summed E-state index contributed by atoms with van der Waals surface area (Å²) in [6, 6.07) is 3.99. The molecule has 0 aromatic carbocycles. The predicted molar refractivity (Wildman–Crippen MR) is 118 cm³/mol. The number of nitrogens with zero attached hydrogens (tertiary/aromatic N) is 4. The van der Waals surface area contributed by atoms with E-state index in [4.69, 9.17) is 0 Å². The summed E-state index contributed by atoms with van der Waals surface area (Å²) in [5.74, 6) is 0.769. The second kappa shape index (κ2) is 10.8. The number of alkyl halides is 3. The maximum atomic E-state index is 12.7. The molecule has 1 aliphatic rings. The molecule has 2 heterocycles. The van der Waals surface area contributed by atoms with Gasteiger partial charge in [0, 0.05) is 52.2 Å². The van der Waals surface area contributed by atoms with E-state index in [2.05, 4.69) is 10.3 Å². The van der Waals surface area contributed by atoms with Crippen LogP contribution in [0.25, 0.3) is 0 Å². The van der Waals surface area contributed by atoms with Gasteiger partial charge in [-0.2, -0.15) is 17.5 Å². The van der Waals surface area contributed by atoms with Crippen LogP contribution >= 0.6 is 24.0 Å². The molecule has 0 bridgehead atoms. The van der Waals surface area contributed by atoms with Crippen LogP contribution in [0.4, 0.5) is 13.2 Å². The summed E-state index contributed by atoms with van der Waals surface area (Å²) in [7, 11) is -1.34. The molecule has 0 unspecified atom stereocenters. The number of sulfonamides is 1. The van der Waals surface area contributed by atoms with Crippen molar-refractivity contribution in [2.75, 3.05) is 33.2 Å². The van der Waals surface area contributed by atoms with E-state index in [1.165, 1.54) is 0 Å². The van der Waals surface area contributed by atoms with E-state index in [1.54, 1.807) is 0 Å². The molecule has 1 fully saturated rings. The zero-order chi connectivity index (χ0) is 20.9. The van der Waals surface area contributed by atoms with Crippen molar-refractivity contribution in [3.8, 4) is 0 Å². The molecule has 1 saturated heterocycles. The van der Waals surface area contributed by atoms with Gasteiger partial charge in [0.1, 0.15) is 0 Å². The fourth-order valence-electron chi connectivity index (χ4n) is 3.14. The van der Waals surface area contributed by atoms with Gasteiger partial charge in [-0.1, -0.05) is 0 Å². The van der Waals surface area contributed by atoms with Gasteiger partial charge in [0.05, 0.1) is 6.54 Å². The number of hydrogen-bond donors (Lipinski definition) is 1. The lowest BCUT2D eigenvalue weighted by Crippen LogP contribution is -2.45. The zero-order valence-corrected chi connectivity index (χ0v) is 20.0. The highest BCUT2D eigenvalue weighted by Crippen LogP contribution is 2.30. The van der Waals surface area contributed by atoms with E-state index >= 15 is 0 Å². The van der Waals surface area contributed by atoms with Crippen molar-refractivity contribution in [2.45, 2.75) is 31.8 Å². The van der Waals surface area contributed by atoms with Crippen LogP contribution < -0.4 is 5.32 Å². The van der Waals surface area contributed by atoms with Gasteiger partial charge in [0.2, 0.25) is 0 Å². The Morgan fingerprint density at radius 2 is 1.97 bits per heavy atom. The lowest BCUT2D eigenvalue weighted by atomic mass is 9.98. The van der Waals surface area contributed by atoms with Crippen LogP contribution in [0, 0.1) is 5.92 Å². The maximum absolute atomic E-state index is 12.7. The number of hydrogen-bond acceptors (Lipinski definition) is 3. The Balaban J connectivity index is 0.00000420. The topological polar surface area (TPSA) is 69.9 Å². The molecular formula is C17H29F3IN5O2S. The quantitative estimate of drug-likeness (QED) is 0.336. The molecule has 7 nitrogen and oxygen atoms in total. The summed E-state index contributed by atoms with van der Waals surface area (Å²) in [6.07, 6.45) is 2.69. The molecule has 0 radical (unpaired) electrons. The first-order chi connectivity index (χ1) is 13.1. The van der Waals surface area contributed by atoms with Crippen LogP contribution in [0.2, 0.25) is 0 Å². The maximum Gasteiger partial charge on any atom is 0.511 e. The van der Waals surface area contributed by atoms with Crippen LogP contribution in [0.15, 0.2) is 23.3 Å². The second-order valence-corrected chi connectivity index (χ2v) is 8.88. The Labute approximate surface area is 187 Å². The molecule has 1 aromatic heterocycles. The molecule has 2 rings (SSSR count). The molecule has 0 spiro atoms. The minimum atomic E-state index is -5.24. The van der Waals surface area contributed by atoms with E-state index in [0.717, 1.165) is 5.69 Å². The van der Waals surface area contributed by atoms with Gasteiger partial charge in [-0.25, -0.2) is 8.42 Å². The normalized spacial score (nSPS) is 17.1. The van der Waals surface area contributed by atoms with Crippen molar-refractivity contribution >= 4 is 40.0 Å². The largest absolute Gasteiger partial charge is 0.511 e. The molecule has 29 heavy (non-hydrogen) atoms. The van der Waals surface area contributed by atoms with Crippen LogP contribution in [-0.2, 0) is 23.6 Å². The third kappa shape index (κ3) is 6.74. The Bertz CT molecular complexity index is 774. The number of aliphatic imine (C=N–C) groups is 1. The van der Waals surface area contributed by atoms with Crippen molar-refractivity contribution in [1.82, 2.24) is 19.1 Å². The van der Waals surface area contributed by atoms with Gasteiger partial charge in [0.15, 0.2) is 5.96 Å². The third-order valence-corrected chi connectivity index (χ3v) is 6.48. The van der Waals surface area contributed by atoms with Crippen LogP contribution in [-0.4, -0.2) is 66.9 Å². The monoisotopic (exact) mass is 551 g/mol. The molecule has 0 aliphatic carbocycles. The first kappa shape index (κ1) is 26.0. The van der Waals surface area contributed by atoms with Crippen LogP contribution in [0.5, 0.6) is 0 Å². The summed E-state index contributed by atoms with van der Waals surface area (Å²) >= 11 is 0. The summed E-state index contributed by atoms with van der Waals surface area (Å²) in [4.78, 5) is 6.60. The zero-order valence-electron chi connectivity index (χ0n) is 16.8. The van der Waals surface area contributed by atoms with E-state index < -0.39 is 15.5 Å². The molecule has 0 amide bonds. The van der Waals surface area contributed by atoms with E-state index in [1.807, 2.05) is 48.8 Å². The first-order valence-electron chi connectivity index (χ1n) is 9.22. The number of aromatic nitrogens is 1. The molecule has 0 saturated carbocycles. The van der Waals surface area contributed by atoms with Crippen molar-refractivity contribution in [3.05, 3.63) is 24.0 Å². The van der Waals surface area contributed by atoms with Crippen molar-refractivity contribution in [1.29, 1.82) is 0 Å². The molecule has 1 N–H and O–H groups in total. The molecule has 0 atom stereocenters. The van der Waals surface area contributed by atoms with Gasteiger partial charge in [-0.15, -0.1) is 24.0 Å². The van der Waals surface area contributed by atoms with Gasteiger partial charge in [-0.3, -0.25) is 4.99 Å². The lowest BCUT2D eigenvalue weighted by Gasteiger charge is -2.31. The summed E-state index contributed by atoms with van der Waals surface area (Å²) in [6.45, 7) is 3.51. The predicted octanol–water partition coefficient (Wildman–Crippen LogP) is 2.60. The van der Waals surface area contributed by atoms with Crippen molar-refractivity contribution < 1.29 is 21.6 Å². The van der Waals surface area contributed by atoms with Gasteiger partial charge in [-0.05, 0) is 37.8 Å². The van der Waals surface area contributed by atoms with E-state index in [9.17, 15) is 21.6 Å².